The number of likely N-dealkylation sites (tertiary alicyclic amines) is 1. The summed E-state index contributed by atoms with van der Waals surface area (Å²) in [4.78, 5) is 28.7. The maximum absolute atomic E-state index is 12.1. The summed E-state index contributed by atoms with van der Waals surface area (Å²) in [5, 5.41) is 0. The summed E-state index contributed by atoms with van der Waals surface area (Å²) >= 11 is 0. The third-order valence-corrected chi connectivity index (χ3v) is 5.70. The first-order valence-corrected chi connectivity index (χ1v) is 9.93. The second kappa shape index (κ2) is 7.02. The number of nitrogens with one attached hydrogen (secondary N) is 1. The first-order valence-electron chi connectivity index (χ1n) is 8.28. The topological polar surface area (TPSA) is 101 Å². The lowest BCUT2D eigenvalue weighted by atomic mass is 10.1. The van der Waals surface area contributed by atoms with Crippen molar-refractivity contribution in [2.24, 2.45) is 0 Å². The summed E-state index contributed by atoms with van der Waals surface area (Å²) < 4.78 is 28.6. The van der Waals surface area contributed by atoms with Crippen LogP contribution in [0.25, 0.3) is 0 Å². The first kappa shape index (κ1) is 17.1. The number of hydrogen-bond acceptors (Lipinski definition) is 5. The molecular weight excluding hydrogens is 332 g/mol. The molecule has 132 valence electrons. The lowest BCUT2D eigenvalue weighted by Gasteiger charge is -2.24. The van der Waals surface area contributed by atoms with Gasteiger partial charge in [-0.05, 0) is 19.3 Å². The zero-order valence-corrected chi connectivity index (χ0v) is 14.3. The number of aromatic nitrogens is 2. The van der Waals surface area contributed by atoms with Crippen LogP contribution in [0.4, 0.5) is 0 Å². The highest BCUT2D eigenvalue weighted by atomic mass is 32.2. The van der Waals surface area contributed by atoms with Crippen LogP contribution in [0.15, 0.2) is 12.4 Å². The van der Waals surface area contributed by atoms with Crippen molar-refractivity contribution in [3.8, 4) is 0 Å². The minimum absolute atomic E-state index is 0.0780. The van der Waals surface area contributed by atoms with Crippen molar-refractivity contribution in [2.45, 2.75) is 44.6 Å². The molecule has 0 aromatic carbocycles. The molecule has 1 aromatic heterocycles. The molecule has 0 atom stereocenters. The van der Waals surface area contributed by atoms with Gasteiger partial charge in [-0.2, -0.15) is 0 Å². The number of hydrogen-bond donors (Lipinski definition) is 1. The summed E-state index contributed by atoms with van der Waals surface area (Å²) in [7, 11) is -3.53. The first-order chi connectivity index (χ1) is 11.5. The number of imidazole rings is 1. The van der Waals surface area contributed by atoms with Crippen LogP contribution in [0.1, 0.15) is 43.8 Å². The van der Waals surface area contributed by atoms with E-state index in [0.29, 0.717) is 31.7 Å². The molecule has 1 aliphatic carbocycles. The lowest BCUT2D eigenvalue weighted by Crippen LogP contribution is -2.44. The van der Waals surface area contributed by atoms with Crippen LogP contribution in [0.5, 0.6) is 0 Å². The Balaban J connectivity index is 1.46. The Morgan fingerprint density at radius 2 is 1.88 bits per heavy atom. The fourth-order valence-corrected chi connectivity index (χ4v) is 3.84. The molecule has 3 rings (SSSR count). The van der Waals surface area contributed by atoms with Gasteiger partial charge in [-0.25, -0.2) is 18.1 Å². The molecule has 2 fully saturated rings. The van der Waals surface area contributed by atoms with Crippen molar-refractivity contribution in [3.63, 3.8) is 0 Å². The van der Waals surface area contributed by atoms with Crippen LogP contribution in [0, 0.1) is 0 Å². The molecular formula is C15H22N4O4S. The molecule has 1 saturated heterocycles. The van der Waals surface area contributed by atoms with Gasteiger partial charge in [0.15, 0.2) is 0 Å². The number of imide groups is 1. The van der Waals surface area contributed by atoms with Gasteiger partial charge in [0.25, 0.3) is 0 Å². The Morgan fingerprint density at radius 1 is 1.17 bits per heavy atom. The van der Waals surface area contributed by atoms with E-state index in [9.17, 15) is 18.0 Å². The minimum atomic E-state index is -3.53. The van der Waals surface area contributed by atoms with Crippen LogP contribution in [-0.2, 0) is 26.2 Å². The molecule has 1 saturated carbocycles. The van der Waals surface area contributed by atoms with Crippen molar-refractivity contribution in [1.82, 2.24) is 19.2 Å². The van der Waals surface area contributed by atoms with E-state index in [-0.39, 0.29) is 30.7 Å². The quantitative estimate of drug-likeness (QED) is 0.673. The molecule has 0 bridgehead atoms. The second-order valence-electron chi connectivity index (χ2n) is 6.26. The van der Waals surface area contributed by atoms with E-state index in [4.69, 9.17) is 0 Å². The largest absolute Gasteiger partial charge is 0.333 e. The summed E-state index contributed by atoms with van der Waals surface area (Å²) in [6, 6.07) is 0. The highest BCUT2D eigenvalue weighted by Crippen LogP contribution is 2.38. The maximum atomic E-state index is 12.1. The van der Waals surface area contributed by atoms with E-state index in [0.717, 1.165) is 23.6 Å². The van der Waals surface area contributed by atoms with Crippen molar-refractivity contribution in [1.29, 1.82) is 0 Å². The Hall–Kier alpha value is -1.74. The fraction of sp³-hybridized carbons (Fsp3) is 0.667. The Labute approximate surface area is 141 Å². The molecule has 9 heteroatoms. The van der Waals surface area contributed by atoms with Crippen LogP contribution in [0.3, 0.4) is 0 Å². The van der Waals surface area contributed by atoms with E-state index in [1.165, 1.54) is 0 Å². The normalized spacial score (nSPS) is 19.1. The van der Waals surface area contributed by atoms with E-state index in [1.54, 1.807) is 6.20 Å². The number of amides is 2. The third-order valence-electron chi connectivity index (χ3n) is 4.33. The van der Waals surface area contributed by atoms with Crippen molar-refractivity contribution < 1.29 is 18.0 Å². The minimum Gasteiger partial charge on any atom is -0.333 e. The number of carbonyl (C=O) groups excluding carboxylic acids is 2. The van der Waals surface area contributed by atoms with E-state index >= 15 is 0 Å². The molecule has 0 unspecified atom stereocenters. The van der Waals surface area contributed by atoms with Crippen LogP contribution in [0.2, 0.25) is 0 Å². The predicted molar refractivity (Wildman–Crippen MR) is 86.6 cm³/mol. The maximum Gasteiger partial charge on any atom is 0.229 e. The molecule has 0 spiro atoms. The van der Waals surface area contributed by atoms with Gasteiger partial charge < -0.3 is 4.57 Å². The van der Waals surface area contributed by atoms with Crippen molar-refractivity contribution in [3.05, 3.63) is 18.2 Å². The number of piperidine rings is 1. The molecule has 8 nitrogen and oxygen atoms in total. The monoisotopic (exact) mass is 354 g/mol. The number of carbonyl (C=O) groups is 2. The zero-order valence-electron chi connectivity index (χ0n) is 13.5. The van der Waals surface area contributed by atoms with E-state index < -0.39 is 10.0 Å². The summed E-state index contributed by atoms with van der Waals surface area (Å²) in [6.45, 7) is 0.707. The van der Waals surface area contributed by atoms with Gasteiger partial charge in [-0.1, -0.05) is 0 Å². The standard InChI is InChI=1S/C15H22N4O4S/c20-13-2-1-3-14(21)19(13)10-11-24(22,23)17-7-9-18-8-6-16-15(18)12-4-5-12/h6,8,12,17H,1-5,7,9-11H2. The summed E-state index contributed by atoms with van der Waals surface area (Å²) in [6.07, 6.45) is 7.03. The molecule has 1 aromatic rings. The summed E-state index contributed by atoms with van der Waals surface area (Å²) in [5.41, 5.74) is 0. The molecule has 1 N–H and O–H groups in total. The van der Waals surface area contributed by atoms with Gasteiger partial charge in [-0.15, -0.1) is 0 Å². The Kier molecular flexibility index (Phi) is 5.00. The van der Waals surface area contributed by atoms with Gasteiger partial charge >= 0.3 is 0 Å². The summed E-state index contributed by atoms with van der Waals surface area (Å²) in [5.74, 6) is 0.693. The Bertz CT molecular complexity index is 708. The van der Waals surface area contributed by atoms with Crippen LogP contribution in [-0.4, -0.2) is 53.5 Å². The average molecular weight is 354 g/mol. The van der Waals surface area contributed by atoms with Gasteiger partial charge in [-0.3, -0.25) is 14.5 Å². The average Bonchev–Trinajstić information content (AvgIpc) is 3.26. The SMILES string of the molecule is O=C1CCCC(=O)N1CCS(=O)(=O)NCCn1ccnc1C1CC1. The van der Waals surface area contributed by atoms with Crippen LogP contribution < -0.4 is 4.72 Å². The van der Waals surface area contributed by atoms with Gasteiger partial charge in [0.05, 0.1) is 5.75 Å². The fourth-order valence-electron chi connectivity index (χ4n) is 2.87. The Morgan fingerprint density at radius 3 is 2.54 bits per heavy atom. The number of sulfonamides is 1. The molecule has 24 heavy (non-hydrogen) atoms. The molecule has 0 radical (unpaired) electrons. The van der Waals surface area contributed by atoms with Gasteiger partial charge in [0.2, 0.25) is 21.8 Å². The second-order valence-corrected chi connectivity index (χ2v) is 8.19. The number of nitrogens with zero attached hydrogens (tertiary/aromatic N) is 3. The van der Waals surface area contributed by atoms with Crippen molar-refractivity contribution >= 4 is 21.8 Å². The zero-order chi connectivity index (χ0) is 17.2. The van der Waals surface area contributed by atoms with E-state index in [2.05, 4.69) is 9.71 Å². The van der Waals surface area contributed by atoms with Crippen molar-refractivity contribution in [2.75, 3.05) is 18.8 Å². The highest BCUT2D eigenvalue weighted by Gasteiger charge is 2.28. The third kappa shape index (κ3) is 4.21. The number of rotatable bonds is 8. The smallest absolute Gasteiger partial charge is 0.229 e. The van der Waals surface area contributed by atoms with Gasteiger partial charge in [0, 0.05) is 50.8 Å². The van der Waals surface area contributed by atoms with E-state index in [1.807, 2.05) is 10.8 Å². The molecule has 2 aliphatic rings. The highest BCUT2D eigenvalue weighted by molar-refractivity contribution is 7.89. The molecule has 2 amide bonds. The predicted octanol–water partition coefficient (Wildman–Crippen LogP) is 0.219. The molecule has 2 heterocycles. The van der Waals surface area contributed by atoms with Crippen LogP contribution >= 0.6 is 0 Å². The van der Waals surface area contributed by atoms with Gasteiger partial charge in [0.1, 0.15) is 5.82 Å². The molecule has 1 aliphatic heterocycles. The lowest BCUT2D eigenvalue weighted by molar-refractivity contribution is -0.147.